The topological polar surface area (TPSA) is 182 Å². The van der Waals surface area contributed by atoms with Gasteiger partial charge in [0.1, 0.15) is 18.2 Å². The Morgan fingerprint density at radius 1 is 1.14 bits per heavy atom. The van der Waals surface area contributed by atoms with Crippen molar-refractivity contribution in [3.8, 4) is 17.9 Å². The first kappa shape index (κ1) is 25.3. The van der Waals surface area contributed by atoms with Gasteiger partial charge in [0.2, 0.25) is 5.91 Å². The molecule has 0 radical (unpaired) electrons. The van der Waals surface area contributed by atoms with Gasteiger partial charge in [0.15, 0.2) is 5.56 Å². The minimum Gasteiger partial charge on any atom is -0.506 e. The van der Waals surface area contributed by atoms with Gasteiger partial charge < -0.3 is 20.1 Å². The molecule has 0 atom stereocenters. The van der Waals surface area contributed by atoms with Crippen molar-refractivity contribution in [2.75, 3.05) is 11.9 Å². The molecular formula is C26H24N6O5. The SMILES string of the molecule is CCOC(=O)c1cc(C2CC2)ncc1NC(=O)CC#N.N#Cc1c(O)c2cc(C3CC3)ncc2[nH]c1=O. The Labute approximate surface area is 211 Å². The summed E-state index contributed by atoms with van der Waals surface area (Å²) >= 11 is 0. The molecule has 0 bridgehead atoms. The normalized spacial score (nSPS) is 14.0. The lowest BCUT2D eigenvalue weighted by Crippen LogP contribution is -2.16. The Bertz CT molecular complexity index is 1510. The molecule has 2 aliphatic rings. The van der Waals surface area contributed by atoms with Crippen LogP contribution in [0.2, 0.25) is 0 Å². The summed E-state index contributed by atoms with van der Waals surface area (Å²) in [5.74, 6) is -0.373. The molecule has 37 heavy (non-hydrogen) atoms. The molecule has 3 aromatic heterocycles. The van der Waals surface area contributed by atoms with Crippen molar-refractivity contribution in [3.05, 3.63) is 57.4 Å². The fourth-order valence-corrected chi connectivity index (χ4v) is 3.72. The van der Waals surface area contributed by atoms with Gasteiger partial charge in [0.05, 0.1) is 41.8 Å². The van der Waals surface area contributed by atoms with Crippen LogP contribution in [0.5, 0.6) is 5.75 Å². The number of carbonyl (C=O) groups excluding carboxylic acids is 2. The van der Waals surface area contributed by atoms with Crippen LogP contribution in [0.1, 0.15) is 78.2 Å². The summed E-state index contributed by atoms with van der Waals surface area (Å²) in [6, 6.07) is 6.87. The van der Waals surface area contributed by atoms with Crippen LogP contribution in [-0.2, 0) is 9.53 Å². The van der Waals surface area contributed by atoms with Crippen molar-refractivity contribution in [3.63, 3.8) is 0 Å². The monoisotopic (exact) mass is 500 g/mol. The smallest absolute Gasteiger partial charge is 0.340 e. The molecule has 1 amide bonds. The van der Waals surface area contributed by atoms with E-state index < -0.39 is 17.4 Å². The Balaban J connectivity index is 0.000000175. The fraction of sp³-hybridized carbons (Fsp3) is 0.346. The lowest BCUT2D eigenvalue weighted by Gasteiger charge is -2.10. The molecule has 11 heteroatoms. The van der Waals surface area contributed by atoms with Crippen molar-refractivity contribution in [1.29, 1.82) is 10.5 Å². The summed E-state index contributed by atoms with van der Waals surface area (Å²) in [5, 5.41) is 30.2. The molecule has 3 aromatic rings. The Morgan fingerprint density at radius 3 is 2.38 bits per heavy atom. The summed E-state index contributed by atoms with van der Waals surface area (Å²) in [7, 11) is 0. The number of aromatic amines is 1. The Kier molecular flexibility index (Phi) is 7.44. The first-order chi connectivity index (χ1) is 17.9. The van der Waals surface area contributed by atoms with E-state index in [1.807, 2.05) is 0 Å². The minimum atomic E-state index is -0.585. The van der Waals surface area contributed by atoms with Crippen LogP contribution >= 0.6 is 0 Å². The number of rotatable bonds is 6. The van der Waals surface area contributed by atoms with E-state index in [-0.39, 0.29) is 35.6 Å². The number of nitrogens with zero attached hydrogens (tertiary/aromatic N) is 4. The quantitative estimate of drug-likeness (QED) is 0.427. The van der Waals surface area contributed by atoms with Crippen LogP contribution < -0.4 is 10.9 Å². The average molecular weight is 501 g/mol. The molecule has 3 N–H and O–H groups in total. The van der Waals surface area contributed by atoms with Crippen LogP contribution in [-0.4, -0.2) is 38.5 Å². The maximum Gasteiger partial charge on any atom is 0.340 e. The number of nitrogens with one attached hydrogen (secondary N) is 2. The maximum absolute atomic E-state index is 11.9. The highest BCUT2D eigenvalue weighted by molar-refractivity contribution is 6.01. The number of anilines is 1. The number of aromatic hydroxyl groups is 1. The van der Waals surface area contributed by atoms with E-state index in [1.165, 1.54) is 12.4 Å². The Hall–Kier alpha value is -4.77. The zero-order valence-electron chi connectivity index (χ0n) is 20.1. The highest BCUT2D eigenvalue weighted by Crippen LogP contribution is 2.41. The summed E-state index contributed by atoms with van der Waals surface area (Å²) in [5.41, 5.74) is 1.94. The van der Waals surface area contributed by atoms with Crippen LogP contribution in [0.4, 0.5) is 5.69 Å². The lowest BCUT2D eigenvalue weighted by molar-refractivity contribution is -0.115. The number of carbonyl (C=O) groups is 2. The minimum absolute atomic E-state index is 0.245. The van der Waals surface area contributed by atoms with Gasteiger partial charge in [-0.15, -0.1) is 0 Å². The van der Waals surface area contributed by atoms with Gasteiger partial charge in [-0.2, -0.15) is 10.5 Å². The molecule has 2 fully saturated rings. The van der Waals surface area contributed by atoms with Crippen molar-refractivity contribution in [2.45, 2.75) is 50.9 Å². The third kappa shape index (κ3) is 5.90. The van der Waals surface area contributed by atoms with Crippen molar-refractivity contribution in [1.82, 2.24) is 15.0 Å². The molecule has 2 aliphatic carbocycles. The number of amides is 1. The second-order valence-electron chi connectivity index (χ2n) is 8.75. The molecule has 2 saturated carbocycles. The fourth-order valence-electron chi connectivity index (χ4n) is 3.72. The van der Waals surface area contributed by atoms with E-state index in [0.29, 0.717) is 22.7 Å². The van der Waals surface area contributed by atoms with Gasteiger partial charge in [-0.25, -0.2) is 4.79 Å². The van der Waals surface area contributed by atoms with Gasteiger partial charge in [-0.3, -0.25) is 19.6 Å². The molecular weight excluding hydrogens is 476 g/mol. The number of esters is 1. The number of aromatic nitrogens is 3. The summed E-state index contributed by atoms with van der Waals surface area (Å²) in [6.45, 7) is 1.97. The van der Waals surface area contributed by atoms with Gasteiger partial charge in [0, 0.05) is 28.6 Å². The van der Waals surface area contributed by atoms with Gasteiger partial charge in [-0.1, -0.05) is 0 Å². The van der Waals surface area contributed by atoms with Gasteiger partial charge in [-0.05, 0) is 44.7 Å². The molecule has 3 heterocycles. The number of hydrogen-bond donors (Lipinski definition) is 3. The highest BCUT2D eigenvalue weighted by Gasteiger charge is 2.27. The molecule has 0 unspecified atom stereocenters. The van der Waals surface area contributed by atoms with Gasteiger partial charge in [0.25, 0.3) is 5.56 Å². The third-order valence-electron chi connectivity index (χ3n) is 5.93. The zero-order chi connectivity index (χ0) is 26.5. The number of nitriles is 2. The van der Waals surface area contributed by atoms with Gasteiger partial charge >= 0.3 is 5.97 Å². The van der Waals surface area contributed by atoms with E-state index in [4.69, 9.17) is 15.3 Å². The first-order valence-corrected chi connectivity index (χ1v) is 11.8. The van der Waals surface area contributed by atoms with E-state index in [2.05, 4.69) is 20.3 Å². The molecule has 0 aromatic carbocycles. The first-order valence-electron chi connectivity index (χ1n) is 11.8. The number of ether oxygens (including phenoxy) is 1. The van der Waals surface area contributed by atoms with Crippen molar-refractivity contribution < 1.29 is 19.4 Å². The van der Waals surface area contributed by atoms with Crippen LogP contribution in [0, 0.1) is 22.7 Å². The maximum atomic E-state index is 11.9. The van der Waals surface area contributed by atoms with Crippen LogP contribution in [0.15, 0.2) is 29.3 Å². The van der Waals surface area contributed by atoms with E-state index >= 15 is 0 Å². The molecule has 188 valence electrons. The highest BCUT2D eigenvalue weighted by atomic mass is 16.5. The predicted octanol–water partition coefficient (Wildman–Crippen LogP) is 3.37. The van der Waals surface area contributed by atoms with Crippen LogP contribution in [0.3, 0.4) is 0 Å². The molecule has 0 saturated heterocycles. The van der Waals surface area contributed by atoms with E-state index in [9.17, 15) is 19.5 Å². The average Bonchev–Trinajstić information content (AvgIpc) is 3.78. The van der Waals surface area contributed by atoms with E-state index in [0.717, 1.165) is 37.1 Å². The third-order valence-corrected chi connectivity index (χ3v) is 5.93. The number of pyridine rings is 3. The second kappa shape index (κ2) is 10.9. The lowest BCUT2D eigenvalue weighted by atomic mass is 10.1. The van der Waals surface area contributed by atoms with Crippen molar-refractivity contribution in [2.24, 2.45) is 0 Å². The molecule has 0 aliphatic heterocycles. The summed E-state index contributed by atoms with van der Waals surface area (Å²) in [6.07, 6.45) is 7.05. The molecule has 0 spiro atoms. The summed E-state index contributed by atoms with van der Waals surface area (Å²) in [4.78, 5) is 45.9. The molecule has 11 nitrogen and oxygen atoms in total. The standard InChI is InChI=1S/C14H15N3O3.C12H9N3O2/c1-2-20-14(19)10-7-11(9-3-4-9)16-8-12(10)17-13(18)5-6-15;13-4-8-11(16)7-3-9(6-1-2-6)14-5-10(7)15-12(8)17/h7-9H,2-5H2,1H3,(H,17,18);3,5-6H,1-2H2,(H2,15,16,17). The number of H-pyrrole nitrogens is 1. The molecule has 5 rings (SSSR count). The predicted molar refractivity (Wildman–Crippen MR) is 132 cm³/mol. The largest absolute Gasteiger partial charge is 0.506 e. The van der Waals surface area contributed by atoms with Crippen LogP contribution in [0.25, 0.3) is 10.9 Å². The number of fused-ring (bicyclic) bond motifs is 1. The number of hydrogen-bond acceptors (Lipinski definition) is 9. The Morgan fingerprint density at radius 2 is 1.78 bits per heavy atom. The second-order valence-corrected chi connectivity index (χ2v) is 8.75. The van der Waals surface area contributed by atoms with E-state index in [1.54, 1.807) is 31.2 Å². The summed E-state index contributed by atoms with van der Waals surface area (Å²) < 4.78 is 4.98. The zero-order valence-corrected chi connectivity index (χ0v) is 20.1. The van der Waals surface area contributed by atoms with Crippen molar-refractivity contribution >= 4 is 28.5 Å².